The van der Waals surface area contributed by atoms with Crippen LogP contribution in [0.1, 0.15) is 17.8 Å². The van der Waals surface area contributed by atoms with E-state index in [0.717, 1.165) is 29.9 Å². The molecular formula is C14H19N3O2S2. The van der Waals surface area contributed by atoms with E-state index in [1.165, 1.54) is 11.0 Å². The smallest absolute Gasteiger partial charge is 0.211 e. The highest BCUT2D eigenvalue weighted by Crippen LogP contribution is 2.22. The average molecular weight is 325 g/mol. The number of aromatic nitrogens is 1. The first-order valence-electron chi connectivity index (χ1n) is 7.05. The summed E-state index contributed by atoms with van der Waals surface area (Å²) in [6.45, 7) is 1.97. The molecule has 1 saturated heterocycles. The molecule has 1 N–H and O–H groups in total. The van der Waals surface area contributed by atoms with Crippen LogP contribution in [0.5, 0.6) is 0 Å². The van der Waals surface area contributed by atoms with Crippen molar-refractivity contribution in [2.45, 2.75) is 25.4 Å². The highest BCUT2D eigenvalue weighted by Gasteiger charge is 2.24. The summed E-state index contributed by atoms with van der Waals surface area (Å²) in [5.41, 5.74) is 1.05. The molecule has 114 valence electrons. The van der Waals surface area contributed by atoms with Gasteiger partial charge < -0.3 is 5.32 Å². The Morgan fingerprint density at radius 1 is 1.33 bits per heavy atom. The van der Waals surface area contributed by atoms with E-state index >= 15 is 0 Å². The lowest BCUT2D eigenvalue weighted by Gasteiger charge is -2.30. The predicted molar refractivity (Wildman–Crippen MR) is 85.9 cm³/mol. The van der Waals surface area contributed by atoms with Gasteiger partial charge >= 0.3 is 0 Å². The summed E-state index contributed by atoms with van der Waals surface area (Å²) in [6, 6.07) is 8.51. The van der Waals surface area contributed by atoms with Crippen molar-refractivity contribution in [1.29, 1.82) is 0 Å². The molecule has 0 aliphatic carbocycles. The summed E-state index contributed by atoms with van der Waals surface area (Å²) in [5, 5.41) is 4.58. The van der Waals surface area contributed by atoms with Crippen LogP contribution >= 0.6 is 11.3 Å². The van der Waals surface area contributed by atoms with Crippen LogP contribution in [0.2, 0.25) is 0 Å². The van der Waals surface area contributed by atoms with Gasteiger partial charge in [0.15, 0.2) is 0 Å². The number of para-hydroxylation sites is 1. The third kappa shape index (κ3) is 3.60. The SMILES string of the molecule is CS(=O)(=O)N1CCC(NCc2nc3ccccc3s2)CC1. The molecule has 1 aromatic carbocycles. The average Bonchev–Trinajstić information content (AvgIpc) is 2.87. The van der Waals surface area contributed by atoms with E-state index < -0.39 is 10.0 Å². The molecule has 2 aromatic rings. The fourth-order valence-electron chi connectivity index (χ4n) is 2.62. The second-order valence-electron chi connectivity index (χ2n) is 5.39. The van der Waals surface area contributed by atoms with Crippen molar-refractivity contribution in [2.24, 2.45) is 0 Å². The molecule has 0 spiro atoms. The Bertz CT molecular complexity index is 686. The second-order valence-corrected chi connectivity index (χ2v) is 8.49. The van der Waals surface area contributed by atoms with Gasteiger partial charge in [0, 0.05) is 25.7 Å². The lowest BCUT2D eigenvalue weighted by Crippen LogP contribution is -2.44. The molecule has 1 aromatic heterocycles. The standard InChI is InChI=1S/C14H19N3O2S2/c1-21(18,19)17-8-6-11(7-9-17)15-10-14-16-12-4-2-3-5-13(12)20-14/h2-5,11,15H,6-10H2,1H3. The topological polar surface area (TPSA) is 62.3 Å². The zero-order chi connectivity index (χ0) is 14.9. The summed E-state index contributed by atoms with van der Waals surface area (Å²) in [5.74, 6) is 0. The number of hydrogen-bond acceptors (Lipinski definition) is 5. The number of nitrogens with one attached hydrogen (secondary N) is 1. The summed E-state index contributed by atoms with van der Waals surface area (Å²) < 4.78 is 25.7. The summed E-state index contributed by atoms with van der Waals surface area (Å²) in [7, 11) is -3.04. The van der Waals surface area contributed by atoms with Gasteiger partial charge in [-0.1, -0.05) is 12.1 Å². The van der Waals surface area contributed by atoms with Crippen LogP contribution in [0.4, 0.5) is 0 Å². The molecule has 1 fully saturated rings. The Morgan fingerprint density at radius 3 is 2.71 bits per heavy atom. The number of fused-ring (bicyclic) bond motifs is 1. The maximum Gasteiger partial charge on any atom is 0.211 e. The first-order chi connectivity index (χ1) is 10.0. The van der Waals surface area contributed by atoms with Gasteiger partial charge in [-0.15, -0.1) is 11.3 Å². The first-order valence-corrected chi connectivity index (χ1v) is 9.72. The maximum absolute atomic E-state index is 11.5. The quantitative estimate of drug-likeness (QED) is 0.931. The normalized spacial score (nSPS) is 18.3. The van der Waals surface area contributed by atoms with Gasteiger partial charge in [0.25, 0.3) is 0 Å². The van der Waals surface area contributed by atoms with Crippen molar-refractivity contribution < 1.29 is 8.42 Å². The zero-order valence-electron chi connectivity index (χ0n) is 11.9. The van der Waals surface area contributed by atoms with E-state index in [1.807, 2.05) is 18.2 Å². The van der Waals surface area contributed by atoms with Gasteiger partial charge in [0.2, 0.25) is 10.0 Å². The third-order valence-corrected chi connectivity index (χ3v) is 6.14. The maximum atomic E-state index is 11.5. The van der Waals surface area contributed by atoms with Gasteiger partial charge in [-0.2, -0.15) is 0 Å². The molecule has 7 heteroatoms. The van der Waals surface area contributed by atoms with E-state index in [0.29, 0.717) is 19.1 Å². The van der Waals surface area contributed by atoms with Crippen molar-refractivity contribution >= 4 is 31.6 Å². The van der Waals surface area contributed by atoms with Crippen molar-refractivity contribution in [3.63, 3.8) is 0 Å². The minimum atomic E-state index is -3.04. The number of nitrogens with zero attached hydrogens (tertiary/aromatic N) is 2. The Labute approximate surface area is 129 Å². The minimum absolute atomic E-state index is 0.370. The Balaban J connectivity index is 1.54. The van der Waals surface area contributed by atoms with Crippen LogP contribution in [0, 0.1) is 0 Å². The largest absolute Gasteiger partial charge is 0.308 e. The molecule has 0 radical (unpaired) electrons. The molecule has 21 heavy (non-hydrogen) atoms. The molecule has 0 atom stereocenters. The number of thiazole rings is 1. The molecule has 0 bridgehead atoms. The van der Waals surface area contributed by atoms with Crippen LogP contribution in [0.3, 0.4) is 0 Å². The molecule has 1 aliphatic rings. The highest BCUT2D eigenvalue weighted by atomic mass is 32.2. The molecule has 1 aliphatic heterocycles. The number of piperidine rings is 1. The van der Waals surface area contributed by atoms with Crippen LogP contribution < -0.4 is 5.32 Å². The van der Waals surface area contributed by atoms with Crippen LogP contribution in [-0.4, -0.2) is 43.1 Å². The zero-order valence-corrected chi connectivity index (χ0v) is 13.6. The van der Waals surface area contributed by atoms with Gasteiger partial charge in [-0.3, -0.25) is 0 Å². The number of benzene rings is 1. The minimum Gasteiger partial charge on any atom is -0.308 e. The lowest BCUT2D eigenvalue weighted by atomic mass is 10.1. The second kappa shape index (κ2) is 6.00. The van der Waals surface area contributed by atoms with Gasteiger partial charge in [-0.05, 0) is 25.0 Å². The number of sulfonamides is 1. The van der Waals surface area contributed by atoms with Gasteiger partial charge in [0.05, 0.1) is 16.5 Å². The predicted octanol–water partition coefficient (Wildman–Crippen LogP) is 1.81. The molecule has 0 unspecified atom stereocenters. The van der Waals surface area contributed by atoms with Crippen molar-refractivity contribution in [3.8, 4) is 0 Å². The van der Waals surface area contributed by atoms with Crippen molar-refractivity contribution in [2.75, 3.05) is 19.3 Å². The number of hydrogen-bond donors (Lipinski definition) is 1. The van der Waals surface area contributed by atoms with E-state index in [2.05, 4.69) is 16.4 Å². The first kappa shape index (κ1) is 14.9. The van der Waals surface area contributed by atoms with E-state index in [9.17, 15) is 8.42 Å². The van der Waals surface area contributed by atoms with E-state index in [4.69, 9.17) is 0 Å². The summed E-state index contributed by atoms with van der Waals surface area (Å²) in [4.78, 5) is 4.60. The lowest BCUT2D eigenvalue weighted by molar-refractivity contribution is 0.290. The molecule has 2 heterocycles. The van der Waals surface area contributed by atoms with Crippen LogP contribution in [0.25, 0.3) is 10.2 Å². The molecular weight excluding hydrogens is 306 g/mol. The Hall–Kier alpha value is -1.02. The highest BCUT2D eigenvalue weighted by molar-refractivity contribution is 7.88. The molecule has 5 nitrogen and oxygen atoms in total. The van der Waals surface area contributed by atoms with Gasteiger partial charge in [-0.25, -0.2) is 17.7 Å². The van der Waals surface area contributed by atoms with Crippen molar-refractivity contribution in [1.82, 2.24) is 14.6 Å². The third-order valence-electron chi connectivity index (χ3n) is 3.80. The van der Waals surface area contributed by atoms with E-state index in [1.54, 1.807) is 15.6 Å². The van der Waals surface area contributed by atoms with Crippen LogP contribution in [0.15, 0.2) is 24.3 Å². The van der Waals surface area contributed by atoms with Crippen molar-refractivity contribution in [3.05, 3.63) is 29.3 Å². The van der Waals surface area contributed by atoms with E-state index in [-0.39, 0.29) is 0 Å². The Morgan fingerprint density at radius 2 is 2.05 bits per heavy atom. The fraction of sp³-hybridized carbons (Fsp3) is 0.500. The number of rotatable bonds is 4. The summed E-state index contributed by atoms with van der Waals surface area (Å²) in [6.07, 6.45) is 3.00. The van der Waals surface area contributed by atoms with Gasteiger partial charge in [0.1, 0.15) is 5.01 Å². The Kier molecular flexibility index (Phi) is 4.26. The van der Waals surface area contributed by atoms with Crippen LogP contribution in [-0.2, 0) is 16.6 Å². The molecule has 0 saturated carbocycles. The summed E-state index contributed by atoms with van der Waals surface area (Å²) >= 11 is 1.71. The monoisotopic (exact) mass is 325 g/mol. The molecule has 3 rings (SSSR count). The molecule has 0 amide bonds. The fourth-order valence-corrected chi connectivity index (χ4v) is 4.41.